The normalized spacial score (nSPS) is 10.4. The summed E-state index contributed by atoms with van der Waals surface area (Å²) in [6.45, 7) is 2.30. The van der Waals surface area contributed by atoms with Gasteiger partial charge >= 0.3 is 5.97 Å². The lowest BCUT2D eigenvalue weighted by Gasteiger charge is -2.13. The fourth-order valence-corrected chi connectivity index (χ4v) is 2.78. The van der Waals surface area contributed by atoms with E-state index in [0.29, 0.717) is 38.2 Å². The summed E-state index contributed by atoms with van der Waals surface area (Å²) in [4.78, 5) is 12.1. The smallest absolute Gasteiger partial charge is 0.338 e. The molecule has 0 atom stereocenters. The van der Waals surface area contributed by atoms with Crippen molar-refractivity contribution < 1.29 is 19.0 Å². The van der Waals surface area contributed by atoms with Crippen molar-refractivity contribution in [2.45, 2.75) is 13.5 Å². The molecule has 0 bridgehead atoms. The topological polar surface area (TPSA) is 70.5 Å². The first kappa shape index (κ1) is 17.0. The summed E-state index contributed by atoms with van der Waals surface area (Å²) in [6.07, 6.45) is 0. The van der Waals surface area contributed by atoms with Crippen LogP contribution in [-0.4, -0.2) is 29.3 Å². The molecule has 1 aromatic heterocycles. The van der Waals surface area contributed by atoms with Gasteiger partial charge in [0.05, 0.1) is 23.8 Å². The Kier molecular flexibility index (Phi) is 5.98. The summed E-state index contributed by atoms with van der Waals surface area (Å²) >= 11 is 10.2. The van der Waals surface area contributed by atoms with E-state index in [2.05, 4.69) is 25.5 Å². The summed E-state index contributed by atoms with van der Waals surface area (Å²) in [6, 6.07) is 3.16. The summed E-state index contributed by atoms with van der Waals surface area (Å²) < 4.78 is 20.6. The average molecular weight is 408 g/mol. The van der Waals surface area contributed by atoms with Gasteiger partial charge in [-0.2, -0.15) is 0 Å². The van der Waals surface area contributed by atoms with Crippen molar-refractivity contribution in [2.24, 2.45) is 0 Å². The van der Waals surface area contributed by atoms with Gasteiger partial charge in [0.1, 0.15) is 16.6 Å². The SMILES string of the molecule is CCOc1c(Br)cc(C(=O)OCc2nnsc2Cl)cc1OC. The number of hydrogen-bond donors (Lipinski definition) is 0. The Hall–Kier alpha value is -1.38. The van der Waals surface area contributed by atoms with Gasteiger partial charge in [-0.1, -0.05) is 16.1 Å². The predicted octanol–water partition coefficient (Wildman–Crippen LogP) is 3.72. The Morgan fingerprint density at radius 1 is 1.45 bits per heavy atom. The number of nitrogens with zero attached hydrogens (tertiary/aromatic N) is 2. The van der Waals surface area contributed by atoms with Crippen LogP contribution in [0, 0.1) is 0 Å². The van der Waals surface area contributed by atoms with Gasteiger partial charge in [-0.25, -0.2) is 4.79 Å². The molecule has 0 aliphatic carbocycles. The molecular formula is C13H12BrClN2O4S. The van der Waals surface area contributed by atoms with E-state index in [4.69, 9.17) is 25.8 Å². The molecule has 0 amide bonds. The first-order chi connectivity index (χ1) is 10.6. The van der Waals surface area contributed by atoms with Crippen LogP contribution in [-0.2, 0) is 11.3 Å². The Balaban J connectivity index is 2.16. The quantitative estimate of drug-likeness (QED) is 0.680. The Bertz CT molecular complexity index is 680. The van der Waals surface area contributed by atoms with Crippen molar-refractivity contribution in [3.63, 3.8) is 0 Å². The number of rotatable bonds is 6. The number of benzene rings is 1. The number of esters is 1. The molecular weight excluding hydrogens is 396 g/mol. The first-order valence-corrected chi connectivity index (χ1v) is 8.15. The van der Waals surface area contributed by atoms with Gasteiger partial charge in [-0.15, -0.1) is 5.10 Å². The third-order valence-corrected chi connectivity index (χ3v) is 4.18. The molecule has 22 heavy (non-hydrogen) atoms. The van der Waals surface area contributed by atoms with Crippen LogP contribution >= 0.6 is 39.1 Å². The molecule has 0 saturated carbocycles. The third kappa shape index (κ3) is 3.88. The van der Waals surface area contributed by atoms with Crippen molar-refractivity contribution in [2.75, 3.05) is 13.7 Å². The molecule has 0 saturated heterocycles. The van der Waals surface area contributed by atoms with Gasteiger partial charge < -0.3 is 14.2 Å². The highest BCUT2D eigenvalue weighted by molar-refractivity contribution is 9.10. The van der Waals surface area contributed by atoms with Gasteiger partial charge in [-0.05, 0) is 35.0 Å². The summed E-state index contributed by atoms with van der Waals surface area (Å²) in [7, 11) is 1.50. The monoisotopic (exact) mass is 406 g/mol. The summed E-state index contributed by atoms with van der Waals surface area (Å²) in [5.41, 5.74) is 0.753. The van der Waals surface area contributed by atoms with E-state index >= 15 is 0 Å². The molecule has 0 N–H and O–H groups in total. The van der Waals surface area contributed by atoms with Gasteiger partial charge in [0.2, 0.25) is 0 Å². The van der Waals surface area contributed by atoms with Crippen LogP contribution in [0.5, 0.6) is 11.5 Å². The van der Waals surface area contributed by atoms with Gasteiger partial charge in [-0.3, -0.25) is 0 Å². The Labute approximate surface area is 144 Å². The molecule has 9 heteroatoms. The highest BCUT2D eigenvalue weighted by Crippen LogP contribution is 2.36. The Morgan fingerprint density at radius 2 is 2.23 bits per heavy atom. The van der Waals surface area contributed by atoms with Crippen LogP contribution in [0.3, 0.4) is 0 Å². The van der Waals surface area contributed by atoms with E-state index in [1.807, 2.05) is 6.92 Å². The van der Waals surface area contributed by atoms with Crippen molar-refractivity contribution in [3.05, 3.63) is 32.2 Å². The van der Waals surface area contributed by atoms with Crippen LogP contribution in [0.4, 0.5) is 0 Å². The highest BCUT2D eigenvalue weighted by atomic mass is 79.9. The minimum atomic E-state index is -0.522. The lowest BCUT2D eigenvalue weighted by molar-refractivity contribution is 0.0467. The maximum absolute atomic E-state index is 12.1. The number of carbonyl (C=O) groups is 1. The van der Waals surface area contributed by atoms with Crippen molar-refractivity contribution >= 4 is 45.0 Å². The van der Waals surface area contributed by atoms with Crippen LogP contribution in [0.1, 0.15) is 23.0 Å². The predicted molar refractivity (Wildman–Crippen MR) is 85.9 cm³/mol. The maximum atomic E-state index is 12.1. The molecule has 2 aromatic rings. The number of hydrogen-bond acceptors (Lipinski definition) is 7. The molecule has 1 aromatic carbocycles. The molecule has 118 valence electrons. The largest absolute Gasteiger partial charge is 0.493 e. The van der Waals surface area contributed by atoms with E-state index in [9.17, 15) is 4.79 Å². The Morgan fingerprint density at radius 3 is 2.82 bits per heavy atom. The minimum Gasteiger partial charge on any atom is -0.493 e. The molecule has 1 heterocycles. The molecule has 0 aliphatic rings. The summed E-state index contributed by atoms with van der Waals surface area (Å²) in [5.74, 6) is 0.455. The van der Waals surface area contributed by atoms with Crippen LogP contribution in [0.15, 0.2) is 16.6 Å². The lowest BCUT2D eigenvalue weighted by atomic mass is 10.2. The molecule has 2 rings (SSSR count). The van der Waals surface area contributed by atoms with Crippen molar-refractivity contribution in [1.82, 2.24) is 9.59 Å². The minimum absolute atomic E-state index is 0.0404. The standard InChI is InChI=1S/C13H12BrClN2O4S/c1-3-20-11-8(14)4-7(5-10(11)19-2)13(18)21-6-9-12(15)22-17-16-9/h4-5H,3,6H2,1-2H3. The zero-order valence-corrected chi connectivity index (χ0v) is 14.9. The number of ether oxygens (including phenoxy) is 3. The molecule has 0 unspecified atom stereocenters. The second-order valence-electron chi connectivity index (χ2n) is 3.99. The third-order valence-electron chi connectivity index (χ3n) is 2.60. The van der Waals surface area contributed by atoms with Gasteiger partial charge in [0.15, 0.2) is 11.5 Å². The molecule has 0 radical (unpaired) electrons. The second-order valence-corrected chi connectivity index (χ2v) is 6.20. The highest BCUT2D eigenvalue weighted by Gasteiger charge is 2.17. The van der Waals surface area contributed by atoms with E-state index in [1.54, 1.807) is 12.1 Å². The molecule has 0 fully saturated rings. The van der Waals surface area contributed by atoms with Crippen LogP contribution in [0.25, 0.3) is 0 Å². The van der Waals surface area contributed by atoms with Gasteiger partial charge in [0.25, 0.3) is 0 Å². The fraction of sp³-hybridized carbons (Fsp3) is 0.308. The number of aromatic nitrogens is 2. The molecule has 0 spiro atoms. The number of methoxy groups -OCH3 is 1. The van der Waals surface area contributed by atoms with E-state index in [1.165, 1.54) is 7.11 Å². The average Bonchev–Trinajstić information content (AvgIpc) is 2.92. The molecule has 6 nitrogen and oxygen atoms in total. The maximum Gasteiger partial charge on any atom is 0.338 e. The number of halogens is 2. The zero-order valence-electron chi connectivity index (χ0n) is 11.8. The fourth-order valence-electron chi connectivity index (χ4n) is 1.62. The van der Waals surface area contributed by atoms with Crippen LogP contribution < -0.4 is 9.47 Å². The van der Waals surface area contributed by atoms with Crippen molar-refractivity contribution in [3.8, 4) is 11.5 Å². The first-order valence-electron chi connectivity index (χ1n) is 6.21. The lowest BCUT2D eigenvalue weighted by Crippen LogP contribution is -2.07. The zero-order chi connectivity index (χ0) is 16.1. The van der Waals surface area contributed by atoms with Crippen molar-refractivity contribution in [1.29, 1.82) is 0 Å². The van der Waals surface area contributed by atoms with E-state index < -0.39 is 5.97 Å². The van der Waals surface area contributed by atoms with E-state index in [-0.39, 0.29) is 6.61 Å². The van der Waals surface area contributed by atoms with Gasteiger partial charge in [0, 0.05) is 11.5 Å². The van der Waals surface area contributed by atoms with Crippen LogP contribution in [0.2, 0.25) is 4.34 Å². The molecule has 0 aliphatic heterocycles. The number of carbonyl (C=O) groups excluding carboxylic acids is 1. The van der Waals surface area contributed by atoms with E-state index in [0.717, 1.165) is 11.5 Å². The second kappa shape index (κ2) is 7.75. The summed E-state index contributed by atoms with van der Waals surface area (Å²) in [5, 5.41) is 3.78.